The summed E-state index contributed by atoms with van der Waals surface area (Å²) in [5.74, 6) is 0.505. The molecule has 1 saturated heterocycles. The molecule has 1 aliphatic heterocycles. The third-order valence-corrected chi connectivity index (χ3v) is 5.29. The minimum absolute atomic E-state index is 0.0518. The van der Waals surface area contributed by atoms with Crippen LogP contribution in [0.15, 0.2) is 12.1 Å². The van der Waals surface area contributed by atoms with E-state index < -0.39 is 5.97 Å². The van der Waals surface area contributed by atoms with E-state index in [-0.39, 0.29) is 17.9 Å². The molecule has 0 radical (unpaired) electrons. The van der Waals surface area contributed by atoms with Crippen LogP contribution in [0.25, 0.3) is 0 Å². The summed E-state index contributed by atoms with van der Waals surface area (Å²) in [5.41, 5.74) is 0. The number of amides is 2. The van der Waals surface area contributed by atoms with Crippen LogP contribution in [0.1, 0.15) is 22.1 Å². The fraction of sp³-hybridized carbons (Fsp3) is 0.538. The van der Waals surface area contributed by atoms with E-state index in [0.717, 1.165) is 5.75 Å². The van der Waals surface area contributed by atoms with Gasteiger partial charge in [0.2, 0.25) is 0 Å². The predicted octanol–water partition coefficient (Wildman–Crippen LogP) is 2.38. The average molecular weight is 314 g/mol. The molecule has 0 aliphatic carbocycles. The van der Waals surface area contributed by atoms with E-state index in [9.17, 15) is 9.59 Å². The first-order valence-electron chi connectivity index (χ1n) is 6.50. The lowest BCUT2D eigenvalue weighted by Crippen LogP contribution is -2.41. The van der Waals surface area contributed by atoms with Crippen molar-refractivity contribution in [1.29, 1.82) is 0 Å². The van der Waals surface area contributed by atoms with Crippen LogP contribution in [-0.2, 0) is 9.53 Å². The van der Waals surface area contributed by atoms with Gasteiger partial charge in [0.05, 0.1) is 6.61 Å². The Morgan fingerprint density at radius 3 is 2.95 bits per heavy atom. The standard InChI is InChI=1S/C13H18N2O3S2/c1-3-18-11(16)8-14-13(17)15-6-7-19-12(15)10-5-4-9(2)20-10/h4-5,12H,3,6-8H2,1-2H3,(H,14,17)/t12-/m0/s1. The number of urea groups is 1. The van der Waals surface area contributed by atoms with Crippen molar-refractivity contribution in [1.82, 2.24) is 10.2 Å². The van der Waals surface area contributed by atoms with Crippen LogP contribution in [0.2, 0.25) is 0 Å². The van der Waals surface area contributed by atoms with Crippen molar-refractivity contribution < 1.29 is 14.3 Å². The highest BCUT2D eigenvalue weighted by atomic mass is 32.2. The second-order valence-corrected chi connectivity index (χ2v) is 6.84. The van der Waals surface area contributed by atoms with E-state index in [1.54, 1.807) is 34.9 Å². The molecule has 2 heterocycles. The second kappa shape index (κ2) is 6.99. The van der Waals surface area contributed by atoms with Gasteiger partial charge in [-0.2, -0.15) is 0 Å². The monoisotopic (exact) mass is 314 g/mol. The maximum Gasteiger partial charge on any atom is 0.325 e. The number of carbonyl (C=O) groups is 2. The number of hydrogen-bond donors (Lipinski definition) is 1. The van der Waals surface area contributed by atoms with Crippen LogP contribution in [0.5, 0.6) is 0 Å². The summed E-state index contributed by atoms with van der Waals surface area (Å²) >= 11 is 3.45. The first-order valence-corrected chi connectivity index (χ1v) is 8.36. The number of carbonyl (C=O) groups excluding carboxylic acids is 2. The third-order valence-electron chi connectivity index (χ3n) is 2.85. The van der Waals surface area contributed by atoms with E-state index in [0.29, 0.717) is 13.2 Å². The maximum absolute atomic E-state index is 12.1. The average Bonchev–Trinajstić information content (AvgIpc) is 3.04. The van der Waals surface area contributed by atoms with Crippen molar-refractivity contribution in [2.45, 2.75) is 19.2 Å². The van der Waals surface area contributed by atoms with E-state index >= 15 is 0 Å². The van der Waals surface area contributed by atoms with Gasteiger partial charge in [-0.25, -0.2) is 4.79 Å². The van der Waals surface area contributed by atoms with Crippen molar-refractivity contribution in [3.05, 3.63) is 21.9 Å². The zero-order valence-electron chi connectivity index (χ0n) is 11.5. The molecule has 1 aromatic rings. The van der Waals surface area contributed by atoms with Gasteiger partial charge in [0.25, 0.3) is 0 Å². The summed E-state index contributed by atoms with van der Waals surface area (Å²) in [5, 5.41) is 2.67. The van der Waals surface area contributed by atoms with Crippen LogP contribution in [0.3, 0.4) is 0 Å². The van der Waals surface area contributed by atoms with Gasteiger partial charge < -0.3 is 15.0 Å². The Bertz CT molecular complexity index is 490. The molecule has 0 aromatic carbocycles. The van der Waals surface area contributed by atoms with Crippen molar-refractivity contribution in [3.63, 3.8) is 0 Å². The minimum atomic E-state index is -0.406. The first-order chi connectivity index (χ1) is 9.61. The van der Waals surface area contributed by atoms with Crippen LogP contribution in [-0.4, -0.2) is 42.3 Å². The van der Waals surface area contributed by atoms with E-state index in [2.05, 4.69) is 24.4 Å². The quantitative estimate of drug-likeness (QED) is 0.867. The number of thioether (sulfide) groups is 1. The Kier molecular flexibility index (Phi) is 5.31. The van der Waals surface area contributed by atoms with Crippen LogP contribution in [0, 0.1) is 6.92 Å². The van der Waals surface area contributed by atoms with Gasteiger partial charge in [0.15, 0.2) is 0 Å². The number of ether oxygens (including phenoxy) is 1. The highest BCUT2D eigenvalue weighted by Gasteiger charge is 2.31. The molecular formula is C13H18N2O3S2. The number of hydrogen-bond acceptors (Lipinski definition) is 5. The summed E-state index contributed by atoms with van der Waals surface area (Å²) in [4.78, 5) is 27.6. The number of nitrogens with zero attached hydrogens (tertiary/aromatic N) is 1. The van der Waals surface area contributed by atoms with Gasteiger partial charge in [-0.3, -0.25) is 4.79 Å². The highest BCUT2D eigenvalue weighted by Crippen LogP contribution is 2.40. The number of thiophene rings is 1. The van der Waals surface area contributed by atoms with E-state index in [4.69, 9.17) is 4.74 Å². The minimum Gasteiger partial charge on any atom is -0.465 e. The molecule has 0 saturated carbocycles. The highest BCUT2D eigenvalue weighted by molar-refractivity contribution is 7.99. The predicted molar refractivity (Wildman–Crippen MR) is 81.0 cm³/mol. The van der Waals surface area contributed by atoms with Gasteiger partial charge in [-0.15, -0.1) is 23.1 Å². The van der Waals surface area contributed by atoms with E-state index in [1.807, 2.05) is 0 Å². The molecule has 0 bridgehead atoms. The normalized spacial score (nSPS) is 18.1. The number of nitrogens with one attached hydrogen (secondary N) is 1. The molecule has 2 rings (SSSR count). The van der Waals surface area contributed by atoms with Gasteiger partial charge in [0.1, 0.15) is 11.9 Å². The molecule has 2 amide bonds. The Hall–Kier alpha value is -1.21. The lowest BCUT2D eigenvalue weighted by Gasteiger charge is -2.23. The molecule has 0 unspecified atom stereocenters. The molecule has 1 aliphatic rings. The number of esters is 1. The van der Waals surface area contributed by atoms with Crippen LogP contribution in [0.4, 0.5) is 4.79 Å². The van der Waals surface area contributed by atoms with Crippen LogP contribution < -0.4 is 5.32 Å². The largest absolute Gasteiger partial charge is 0.465 e. The molecule has 1 atom stereocenters. The SMILES string of the molecule is CCOC(=O)CNC(=O)N1CCS[C@H]1c1ccc(C)s1. The molecule has 1 fully saturated rings. The zero-order valence-corrected chi connectivity index (χ0v) is 13.2. The molecular weight excluding hydrogens is 296 g/mol. The Morgan fingerprint density at radius 1 is 1.50 bits per heavy atom. The topological polar surface area (TPSA) is 58.6 Å². The number of aryl methyl sites for hydroxylation is 1. The molecule has 110 valence electrons. The van der Waals surface area contributed by atoms with Gasteiger partial charge in [-0.1, -0.05) is 0 Å². The van der Waals surface area contributed by atoms with Crippen molar-refractivity contribution >= 4 is 35.1 Å². The Morgan fingerprint density at radius 2 is 2.30 bits per heavy atom. The maximum atomic E-state index is 12.1. The van der Waals surface area contributed by atoms with Gasteiger partial charge in [0, 0.05) is 22.1 Å². The Balaban J connectivity index is 1.93. The van der Waals surface area contributed by atoms with E-state index in [1.165, 1.54) is 9.75 Å². The lowest BCUT2D eigenvalue weighted by atomic mass is 10.4. The molecule has 7 heteroatoms. The fourth-order valence-electron chi connectivity index (χ4n) is 1.96. The van der Waals surface area contributed by atoms with Crippen molar-refractivity contribution in [2.24, 2.45) is 0 Å². The fourth-order valence-corrected chi connectivity index (χ4v) is 4.33. The summed E-state index contributed by atoms with van der Waals surface area (Å²) in [6.07, 6.45) is 0. The van der Waals surface area contributed by atoms with Gasteiger partial charge in [-0.05, 0) is 26.0 Å². The molecule has 20 heavy (non-hydrogen) atoms. The summed E-state index contributed by atoms with van der Waals surface area (Å²) in [6, 6.07) is 3.92. The summed E-state index contributed by atoms with van der Waals surface area (Å²) in [6.45, 7) is 4.74. The second-order valence-electron chi connectivity index (χ2n) is 4.33. The molecule has 1 aromatic heterocycles. The number of rotatable bonds is 4. The molecule has 5 nitrogen and oxygen atoms in total. The molecule has 1 N–H and O–H groups in total. The lowest BCUT2D eigenvalue weighted by molar-refractivity contribution is -0.141. The zero-order chi connectivity index (χ0) is 14.5. The van der Waals surface area contributed by atoms with Gasteiger partial charge >= 0.3 is 12.0 Å². The van der Waals surface area contributed by atoms with Crippen molar-refractivity contribution in [3.8, 4) is 0 Å². The first kappa shape index (κ1) is 15.2. The summed E-state index contributed by atoms with van der Waals surface area (Å²) < 4.78 is 4.79. The van der Waals surface area contributed by atoms with Crippen molar-refractivity contribution in [2.75, 3.05) is 25.4 Å². The smallest absolute Gasteiger partial charge is 0.325 e. The Labute approximate surface area is 126 Å². The summed E-state index contributed by atoms with van der Waals surface area (Å²) in [7, 11) is 0. The van der Waals surface area contributed by atoms with Crippen LogP contribution >= 0.6 is 23.1 Å². The third kappa shape index (κ3) is 3.67. The molecule has 0 spiro atoms.